The number of amides is 1. The van der Waals surface area contributed by atoms with Crippen molar-refractivity contribution in [3.05, 3.63) is 28.5 Å². The van der Waals surface area contributed by atoms with Crippen LogP contribution in [0.1, 0.15) is 17.3 Å². The molecule has 0 aliphatic carbocycles. The third kappa shape index (κ3) is 2.37. The van der Waals surface area contributed by atoms with E-state index in [1.807, 2.05) is 17.5 Å². The lowest BCUT2D eigenvalue weighted by atomic mass is 10.1. The van der Waals surface area contributed by atoms with Gasteiger partial charge in [0, 0.05) is 22.7 Å². The molecule has 0 spiro atoms. The molecule has 2 aromatic heterocycles. The van der Waals surface area contributed by atoms with Crippen LogP contribution in [0.5, 0.6) is 0 Å². The molecular formula is C11H9NO3S2. The van der Waals surface area contributed by atoms with E-state index in [0.717, 1.165) is 4.88 Å². The predicted molar refractivity (Wildman–Crippen MR) is 68.9 cm³/mol. The lowest BCUT2D eigenvalue weighted by molar-refractivity contribution is -0.114. The number of rotatable bonds is 3. The number of aromatic carboxylic acids is 1. The van der Waals surface area contributed by atoms with Gasteiger partial charge in [-0.3, -0.25) is 4.79 Å². The summed E-state index contributed by atoms with van der Waals surface area (Å²) in [4.78, 5) is 23.1. The van der Waals surface area contributed by atoms with Crippen LogP contribution in [-0.4, -0.2) is 17.0 Å². The fourth-order valence-corrected chi connectivity index (χ4v) is 3.26. The van der Waals surface area contributed by atoms with Crippen LogP contribution in [0.15, 0.2) is 22.9 Å². The SMILES string of the molecule is CC(=O)Nc1scc(-c2cccs2)c1C(=O)O. The first-order chi connectivity index (χ1) is 8.09. The molecule has 17 heavy (non-hydrogen) atoms. The Morgan fingerprint density at radius 1 is 1.35 bits per heavy atom. The average molecular weight is 267 g/mol. The second-order valence-electron chi connectivity index (χ2n) is 3.32. The number of nitrogens with one attached hydrogen (secondary N) is 1. The zero-order valence-electron chi connectivity index (χ0n) is 8.89. The summed E-state index contributed by atoms with van der Waals surface area (Å²) in [6.07, 6.45) is 0. The molecule has 0 saturated heterocycles. The summed E-state index contributed by atoms with van der Waals surface area (Å²) >= 11 is 2.70. The average Bonchev–Trinajstić information content (AvgIpc) is 2.82. The Kier molecular flexibility index (Phi) is 3.26. The van der Waals surface area contributed by atoms with Crippen molar-refractivity contribution in [1.82, 2.24) is 0 Å². The van der Waals surface area contributed by atoms with Crippen molar-refractivity contribution < 1.29 is 14.7 Å². The first-order valence-electron chi connectivity index (χ1n) is 4.76. The Labute approximate surface area is 106 Å². The van der Waals surface area contributed by atoms with E-state index >= 15 is 0 Å². The Morgan fingerprint density at radius 3 is 2.65 bits per heavy atom. The van der Waals surface area contributed by atoms with Crippen LogP contribution in [0.4, 0.5) is 5.00 Å². The highest BCUT2D eigenvalue weighted by Gasteiger charge is 2.20. The van der Waals surface area contributed by atoms with Crippen molar-refractivity contribution >= 4 is 39.6 Å². The molecule has 1 amide bonds. The molecule has 0 saturated carbocycles. The summed E-state index contributed by atoms with van der Waals surface area (Å²) in [5.41, 5.74) is 0.814. The Balaban J connectivity index is 2.51. The second kappa shape index (κ2) is 4.68. The highest BCUT2D eigenvalue weighted by molar-refractivity contribution is 7.17. The minimum absolute atomic E-state index is 0.160. The molecule has 0 radical (unpaired) electrons. The van der Waals surface area contributed by atoms with Crippen LogP contribution in [0, 0.1) is 0 Å². The summed E-state index contributed by atoms with van der Waals surface area (Å²) in [6.45, 7) is 1.36. The van der Waals surface area contributed by atoms with Gasteiger partial charge in [0.05, 0.1) is 0 Å². The molecule has 0 aliphatic heterocycles. The second-order valence-corrected chi connectivity index (χ2v) is 5.14. The quantitative estimate of drug-likeness (QED) is 0.897. The molecule has 0 bridgehead atoms. The number of carbonyl (C=O) groups is 2. The summed E-state index contributed by atoms with van der Waals surface area (Å²) in [7, 11) is 0. The zero-order chi connectivity index (χ0) is 12.4. The highest BCUT2D eigenvalue weighted by atomic mass is 32.1. The summed E-state index contributed by atoms with van der Waals surface area (Å²) in [6, 6.07) is 3.72. The topological polar surface area (TPSA) is 66.4 Å². The van der Waals surface area contributed by atoms with E-state index in [2.05, 4.69) is 5.32 Å². The van der Waals surface area contributed by atoms with Crippen LogP contribution in [-0.2, 0) is 4.79 Å². The number of anilines is 1. The fourth-order valence-electron chi connectivity index (χ4n) is 1.44. The van der Waals surface area contributed by atoms with E-state index in [-0.39, 0.29) is 11.5 Å². The maximum absolute atomic E-state index is 11.2. The fraction of sp³-hybridized carbons (Fsp3) is 0.0909. The molecule has 0 aromatic carbocycles. The van der Waals surface area contributed by atoms with Crippen molar-refractivity contribution in [2.75, 3.05) is 5.32 Å². The monoisotopic (exact) mass is 267 g/mol. The van der Waals surface area contributed by atoms with Crippen LogP contribution in [0.3, 0.4) is 0 Å². The van der Waals surface area contributed by atoms with E-state index in [1.165, 1.54) is 29.6 Å². The molecule has 0 atom stereocenters. The molecule has 0 aliphatic rings. The van der Waals surface area contributed by atoms with Gasteiger partial charge in [0.1, 0.15) is 10.6 Å². The van der Waals surface area contributed by atoms with Gasteiger partial charge in [-0.15, -0.1) is 22.7 Å². The molecule has 2 aromatic rings. The van der Waals surface area contributed by atoms with Crippen molar-refractivity contribution in [2.24, 2.45) is 0 Å². The third-order valence-electron chi connectivity index (χ3n) is 2.08. The van der Waals surface area contributed by atoms with Gasteiger partial charge in [0.15, 0.2) is 0 Å². The zero-order valence-corrected chi connectivity index (χ0v) is 10.5. The van der Waals surface area contributed by atoms with E-state index < -0.39 is 5.97 Å². The predicted octanol–water partition coefficient (Wildman–Crippen LogP) is 3.13. The minimum atomic E-state index is -1.03. The number of hydrogen-bond donors (Lipinski definition) is 2. The minimum Gasteiger partial charge on any atom is -0.478 e. The summed E-state index contributed by atoms with van der Waals surface area (Å²) < 4.78 is 0. The molecule has 2 N–H and O–H groups in total. The van der Waals surface area contributed by atoms with Crippen molar-refractivity contribution in [3.63, 3.8) is 0 Å². The van der Waals surface area contributed by atoms with Crippen molar-refractivity contribution in [3.8, 4) is 10.4 Å². The van der Waals surface area contributed by atoms with Crippen LogP contribution >= 0.6 is 22.7 Å². The Hall–Kier alpha value is -1.66. The molecule has 0 unspecified atom stereocenters. The molecular weight excluding hydrogens is 258 g/mol. The largest absolute Gasteiger partial charge is 0.478 e. The van der Waals surface area contributed by atoms with Gasteiger partial charge in [-0.2, -0.15) is 0 Å². The van der Waals surface area contributed by atoms with Gasteiger partial charge in [-0.05, 0) is 11.4 Å². The molecule has 88 valence electrons. The van der Waals surface area contributed by atoms with Gasteiger partial charge in [-0.25, -0.2) is 4.79 Å². The van der Waals surface area contributed by atoms with E-state index in [0.29, 0.717) is 10.6 Å². The number of carbonyl (C=O) groups excluding carboxylic acids is 1. The summed E-state index contributed by atoms with van der Waals surface area (Å²) in [5, 5.41) is 15.8. The van der Waals surface area contributed by atoms with Gasteiger partial charge in [-0.1, -0.05) is 6.07 Å². The molecule has 0 fully saturated rings. The lowest BCUT2D eigenvalue weighted by Gasteiger charge is -2.01. The number of thiophene rings is 2. The van der Waals surface area contributed by atoms with Gasteiger partial charge < -0.3 is 10.4 Å². The van der Waals surface area contributed by atoms with Gasteiger partial charge in [0.2, 0.25) is 5.91 Å². The smallest absolute Gasteiger partial charge is 0.339 e. The maximum Gasteiger partial charge on any atom is 0.339 e. The first-order valence-corrected chi connectivity index (χ1v) is 6.51. The number of carboxylic acids is 1. The normalized spacial score (nSPS) is 10.2. The van der Waals surface area contributed by atoms with Gasteiger partial charge in [0.25, 0.3) is 0 Å². The van der Waals surface area contributed by atoms with E-state index in [4.69, 9.17) is 0 Å². The van der Waals surface area contributed by atoms with E-state index in [1.54, 1.807) is 5.38 Å². The maximum atomic E-state index is 11.2. The standard InChI is InChI=1S/C11H9NO3S2/c1-6(13)12-10-9(11(14)15)7(5-17-10)8-3-2-4-16-8/h2-5H,1H3,(H,12,13)(H,14,15). The molecule has 6 heteroatoms. The first kappa shape index (κ1) is 11.8. The molecule has 4 nitrogen and oxygen atoms in total. The third-order valence-corrected chi connectivity index (χ3v) is 3.88. The van der Waals surface area contributed by atoms with Crippen LogP contribution < -0.4 is 5.32 Å². The van der Waals surface area contributed by atoms with Crippen molar-refractivity contribution in [2.45, 2.75) is 6.92 Å². The Morgan fingerprint density at radius 2 is 2.12 bits per heavy atom. The van der Waals surface area contributed by atoms with Crippen molar-refractivity contribution in [1.29, 1.82) is 0 Å². The van der Waals surface area contributed by atoms with Crippen LogP contribution in [0.2, 0.25) is 0 Å². The van der Waals surface area contributed by atoms with Crippen LogP contribution in [0.25, 0.3) is 10.4 Å². The number of hydrogen-bond acceptors (Lipinski definition) is 4. The Bertz CT molecular complexity index is 557. The van der Waals surface area contributed by atoms with Gasteiger partial charge >= 0.3 is 5.97 Å². The number of carboxylic acid groups (broad SMARTS) is 1. The molecule has 2 heterocycles. The lowest BCUT2D eigenvalue weighted by Crippen LogP contribution is -2.08. The highest BCUT2D eigenvalue weighted by Crippen LogP contribution is 2.37. The summed E-state index contributed by atoms with van der Waals surface area (Å²) in [5.74, 6) is -1.30. The molecule has 2 rings (SSSR count). The van der Waals surface area contributed by atoms with E-state index in [9.17, 15) is 14.7 Å².